The molecule has 3 rings (SSSR count). The molecule has 1 aromatic heterocycles. The van der Waals surface area contributed by atoms with E-state index in [4.69, 9.17) is 4.74 Å². The largest absolute Gasteiger partial charge is 0.380 e. The molecule has 1 aliphatic rings. The minimum absolute atomic E-state index is 0.285. The van der Waals surface area contributed by atoms with Gasteiger partial charge in [0.05, 0.1) is 13.2 Å². The Bertz CT molecular complexity index is 907. The van der Waals surface area contributed by atoms with E-state index in [0.717, 1.165) is 19.3 Å². The molecule has 9 nitrogen and oxygen atoms in total. The van der Waals surface area contributed by atoms with E-state index in [9.17, 15) is 19.0 Å². The zero-order chi connectivity index (χ0) is 20.7. The number of ether oxygens (including phenoxy) is 1. The Labute approximate surface area is 169 Å². The highest BCUT2D eigenvalue weighted by atomic mass is 31.2. The molecule has 0 amide bonds. The summed E-state index contributed by atoms with van der Waals surface area (Å²) in [5.41, 5.74) is 0.273. The van der Waals surface area contributed by atoms with Gasteiger partial charge >= 0.3 is 0 Å². The maximum absolute atomic E-state index is 12.4. The highest BCUT2D eigenvalue weighted by Gasteiger charge is 2.28. The van der Waals surface area contributed by atoms with Crippen molar-refractivity contribution in [1.29, 1.82) is 0 Å². The number of aromatic nitrogens is 1. The van der Waals surface area contributed by atoms with E-state index in [0.29, 0.717) is 56.8 Å². The summed E-state index contributed by atoms with van der Waals surface area (Å²) in [7, 11) is -3.26. The van der Waals surface area contributed by atoms with Gasteiger partial charge in [0, 0.05) is 43.9 Å². The van der Waals surface area contributed by atoms with Crippen LogP contribution in [0.2, 0.25) is 0 Å². The Kier molecular flexibility index (Phi) is 7.55. The van der Waals surface area contributed by atoms with Crippen LogP contribution in [0.5, 0.6) is 0 Å². The van der Waals surface area contributed by atoms with E-state index in [1.807, 2.05) is 0 Å². The third kappa shape index (κ3) is 5.73. The number of unbranched alkanes of at least 4 members (excludes halogenated alkanes) is 3. The molecule has 1 saturated heterocycles. The Balaban J connectivity index is 1.35. The first-order chi connectivity index (χ1) is 14.0. The summed E-state index contributed by atoms with van der Waals surface area (Å²) < 4.78 is 19.2. The number of hydrogen-bond donors (Lipinski definition) is 3. The molecule has 1 fully saturated rings. The molecular weight excluding hydrogens is 395 g/mol. The lowest BCUT2D eigenvalue weighted by Crippen LogP contribution is -2.36. The molecule has 0 spiro atoms. The smallest absolute Gasteiger partial charge is 0.270 e. The van der Waals surface area contributed by atoms with Gasteiger partial charge in [0.2, 0.25) is 0 Å². The van der Waals surface area contributed by atoms with Crippen molar-refractivity contribution in [3.8, 4) is 0 Å². The molecule has 2 heterocycles. The molecule has 0 aliphatic carbocycles. The Morgan fingerprint density at radius 2 is 1.69 bits per heavy atom. The van der Waals surface area contributed by atoms with Gasteiger partial charge in [-0.1, -0.05) is 12.8 Å². The van der Waals surface area contributed by atoms with Crippen LogP contribution in [-0.4, -0.2) is 53.6 Å². The van der Waals surface area contributed by atoms with Crippen LogP contribution < -0.4 is 21.5 Å². The minimum Gasteiger partial charge on any atom is -0.380 e. The molecule has 0 bridgehead atoms. The fraction of sp³-hybridized carbons (Fsp3) is 0.526. The van der Waals surface area contributed by atoms with Gasteiger partial charge in [-0.3, -0.25) is 19.1 Å². The second-order valence-electron chi connectivity index (χ2n) is 7.06. The van der Waals surface area contributed by atoms with Crippen LogP contribution in [0.3, 0.4) is 0 Å². The fourth-order valence-corrected chi connectivity index (χ4v) is 4.98. The number of hydrogen-bond acceptors (Lipinski definition) is 7. The molecule has 3 N–H and O–H groups in total. The van der Waals surface area contributed by atoms with Crippen molar-refractivity contribution in [2.75, 3.05) is 49.6 Å². The van der Waals surface area contributed by atoms with Gasteiger partial charge in [-0.05, 0) is 25.0 Å². The Hall–Kier alpha value is -2.06. The Morgan fingerprint density at radius 3 is 2.41 bits per heavy atom. The maximum Gasteiger partial charge on any atom is 0.270 e. The molecule has 1 unspecified atom stereocenters. The molecular formula is C19H27N4O5P. The standard InChI is InChI=1S/C19H27N4O5P/c24-18-16(17(19(18)25)22-15-5-8-20-9-6-15)21-7-3-1-2-4-14-29(26,27)23-10-12-28-13-11-23/h5-6,8-9,21H,1-4,7,10-14H2,(H,20,22)(H,26,27). The molecule has 0 radical (unpaired) electrons. The third-order valence-electron chi connectivity index (χ3n) is 4.97. The molecule has 1 aliphatic heterocycles. The van der Waals surface area contributed by atoms with Crippen molar-refractivity contribution < 1.29 is 14.2 Å². The van der Waals surface area contributed by atoms with Crippen LogP contribution in [0.15, 0.2) is 34.1 Å². The van der Waals surface area contributed by atoms with Crippen LogP contribution in [0.1, 0.15) is 25.7 Å². The highest BCUT2D eigenvalue weighted by Crippen LogP contribution is 2.46. The van der Waals surface area contributed by atoms with Crippen LogP contribution in [0.25, 0.3) is 0 Å². The number of morpholine rings is 1. The summed E-state index contributed by atoms with van der Waals surface area (Å²) in [6.07, 6.45) is 6.69. The summed E-state index contributed by atoms with van der Waals surface area (Å²) in [5.74, 6) is 0. The van der Waals surface area contributed by atoms with Crippen molar-refractivity contribution in [2.24, 2.45) is 0 Å². The van der Waals surface area contributed by atoms with Crippen molar-refractivity contribution in [3.05, 3.63) is 45.0 Å². The van der Waals surface area contributed by atoms with Crippen LogP contribution in [-0.2, 0) is 9.30 Å². The van der Waals surface area contributed by atoms with Gasteiger partial charge in [-0.2, -0.15) is 0 Å². The first-order valence-corrected chi connectivity index (χ1v) is 11.7. The monoisotopic (exact) mass is 422 g/mol. The number of nitrogens with one attached hydrogen (secondary N) is 2. The lowest BCUT2D eigenvalue weighted by atomic mass is 10.1. The number of rotatable bonds is 11. The van der Waals surface area contributed by atoms with Gasteiger partial charge in [-0.15, -0.1) is 0 Å². The molecule has 1 aromatic carbocycles. The second-order valence-corrected chi connectivity index (χ2v) is 9.41. The van der Waals surface area contributed by atoms with Crippen molar-refractivity contribution in [2.45, 2.75) is 25.7 Å². The summed E-state index contributed by atoms with van der Waals surface area (Å²) in [6, 6.07) is 3.44. The average Bonchev–Trinajstić information content (AvgIpc) is 2.75. The van der Waals surface area contributed by atoms with Gasteiger partial charge in [0.15, 0.2) is 0 Å². The molecule has 0 saturated carbocycles. The minimum atomic E-state index is -3.26. The zero-order valence-electron chi connectivity index (χ0n) is 16.3. The molecule has 2 aromatic rings. The quantitative estimate of drug-likeness (QED) is 0.283. The lowest BCUT2D eigenvalue weighted by molar-refractivity contribution is 0.0676. The van der Waals surface area contributed by atoms with Crippen molar-refractivity contribution in [3.63, 3.8) is 0 Å². The van der Waals surface area contributed by atoms with Gasteiger partial charge in [0.25, 0.3) is 18.4 Å². The van der Waals surface area contributed by atoms with E-state index in [2.05, 4.69) is 15.6 Å². The van der Waals surface area contributed by atoms with Gasteiger partial charge in [0.1, 0.15) is 11.4 Å². The zero-order valence-corrected chi connectivity index (χ0v) is 17.2. The maximum atomic E-state index is 12.4. The number of nitrogens with zero attached hydrogens (tertiary/aromatic N) is 2. The SMILES string of the molecule is O=c1c(NCCCCCCP(=O)(O)N2CCOCC2)c(Nc2ccncc2)c1=O. The Morgan fingerprint density at radius 1 is 1.03 bits per heavy atom. The molecule has 1 atom stereocenters. The second kappa shape index (κ2) is 10.1. The summed E-state index contributed by atoms with van der Waals surface area (Å²) in [5, 5.41) is 5.99. The first-order valence-electron chi connectivity index (χ1n) is 9.88. The highest BCUT2D eigenvalue weighted by molar-refractivity contribution is 7.55. The summed E-state index contributed by atoms with van der Waals surface area (Å²) >= 11 is 0. The normalized spacial score (nSPS) is 17.1. The molecule has 29 heavy (non-hydrogen) atoms. The van der Waals surface area contributed by atoms with E-state index in [1.54, 1.807) is 29.2 Å². The number of anilines is 3. The van der Waals surface area contributed by atoms with Crippen molar-refractivity contribution >= 4 is 24.6 Å². The topological polar surface area (TPSA) is 121 Å². The van der Waals surface area contributed by atoms with Crippen LogP contribution >= 0.6 is 7.52 Å². The van der Waals surface area contributed by atoms with Crippen molar-refractivity contribution in [1.82, 2.24) is 9.65 Å². The van der Waals surface area contributed by atoms with Gasteiger partial charge < -0.3 is 20.3 Å². The molecule has 10 heteroatoms. The summed E-state index contributed by atoms with van der Waals surface area (Å²) in [6.45, 7) is 2.59. The predicted molar refractivity (Wildman–Crippen MR) is 113 cm³/mol. The average molecular weight is 422 g/mol. The first kappa shape index (κ1) is 21.6. The lowest BCUT2D eigenvalue weighted by Gasteiger charge is -2.30. The predicted octanol–water partition coefficient (Wildman–Crippen LogP) is 1.91. The van der Waals surface area contributed by atoms with E-state index < -0.39 is 18.4 Å². The van der Waals surface area contributed by atoms with E-state index in [1.165, 1.54) is 0 Å². The van der Waals surface area contributed by atoms with Gasteiger partial charge in [-0.25, -0.2) is 4.67 Å². The van der Waals surface area contributed by atoms with E-state index in [-0.39, 0.29) is 5.69 Å². The van der Waals surface area contributed by atoms with Crippen LogP contribution in [0, 0.1) is 0 Å². The van der Waals surface area contributed by atoms with E-state index >= 15 is 0 Å². The molecule has 158 valence electrons. The van der Waals surface area contributed by atoms with Crippen LogP contribution in [0.4, 0.5) is 17.1 Å². The third-order valence-corrected chi connectivity index (χ3v) is 7.15. The number of pyridine rings is 1. The fourth-order valence-electron chi connectivity index (χ4n) is 3.28. The summed E-state index contributed by atoms with van der Waals surface area (Å²) in [4.78, 5) is 37.7.